The van der Waals surface area contributed by atoms with Gasteiger partial charge in [-0.25, -0.2) is 4.39 Å². The summed E-state index contributed by atoms with van der Waals surface area (Å²) in [5.41, 5.74) is 0.400. The van der Waals surface area contributed by atoms with Gasteiger partial charge in [0, 0.05) is 23.0 Å². The maximum absolute atomic E-state index is 13.7. The van der Waals surface area contributed by atoms with Crippen molar-refractivity contribution >= 4 is 17.5 Å². The van der Waals surface area contributed by atoms with Gasteiger partial charge in [0.05, 0.1) is 25.4 Å². The van der Waals surface area contributed by atoms with Crippen LogP contribution in [0.15, 0.2) is 18.2 Å². The van der Waals surface area contributed by atoms with Crippen molar-refractivity contribution in [3.8, 4) is 0 Å². The van der Waals surface area contributed by atoms with Crippen molar-refractivity contribution in [1.82, 2.24) is 5.32 Å². The molecule has 1 saturated heterocycles. The number of hydrogen-bond donors (Lipinski definition) is 1. The second-order valence-electron chi connectivity index (χ2n) is 6.10. The summed E-state index contributed by atoms with van der Waals surface area (Å²) in [7, 11) is 0. The highest BCUT2D eigenvalue weighted by atomic mass is 35.5. The van der Waals surface area contributed by atoms with Gasteiger partial charge in [-0.15, -0.1) is 0 Å². The minimum atomic E-state index is -0.362. The molecule has 4 nitrogen and oxygen atoms in total. The lowest BCUT2D eigenvalue weighted by atomic mass is 9.89. The molecule has 0 aromatic heterocycles. The fourth-order valence-corrected chi connectivity index (χ4v) is 3.56. The normalized spacial score (nSPS) is 27.3. The smallest absolute Gasteiger partial charge is 0.220 e. The zero-order valence-corrected chi connectivity index (χ0v) is 13.7. The summed E-state index contributed by atoms with van der Waals surface area (Å²) in [6.45, 7) is 1.27. The second kappa shape index (κ2) is 7.60. The molecule has 1 aliphatic carbocycles. The van der Waals surface area contributed by atoms with Crippen LogP contribution in [0.4, 0.5) is 4.39 Å². The molecule has 3 atom stereocenters. The van der Waals surface area contributed by atoms with E-state index in [0.717, 1.165) is 19.3 Å². The number of benzene rings is 1. The Kier molecular flexibility index (Phi) is 5.51. The van der Waals surface area contributed by atoms with Crippen molar-refractivity contribution in [2.75, 3.05) is 13.2 Å². The van der Waals surface area contributed by atoms with Gasteiger partial charge < -0.3 is 14.8 Å². The number of amides is 1. The molecule has 2 fully saturated rings. The first-order valence-corrected chi connectivity index (χ1v) is 8.46. The Balaban J connectivity index is 1.48. The predicted octanol–water partition coefficient (Wildman–Crippen LogP) is 2.86. The fraction of sp³-hybridized carbons (Fsp3) is 0.588. The molecular weight excluding hydrogens is 321 g/mol. The van der Waals surface area contributed by atoms with Crippen LogP contribution in [-0.4, -0.2) is 37.4 Å². The molecule has 3 rings (SSSR count). The van der Waals surface area contributed by atoms with Crippen LogP contribution >= 0.6 is 11.6 Å². The lowest BCUT2D eigenvalue weighted by Crippen LogP contribution is -2.49. The first kappa shape index (κ1) is 16.7. The van der Waals surface area contributed by atoms with Gasteiger partial charge in [0.15, 0.2) is 0 Å². The van der Waals surface area contributed by atoms with E-state index < -0.39 is 0 Å². The van der Waals surface area contributed by atoms with E-state index in [2.05, 4.69) is 5.32 Å². The number of carbonyl (C=O) groups is 1. The van der Waals surface area contributed by atoms with Crippen LogP contribution in [0.5, 0.6) is 0 Å². The average Bonchev–Trinajstić information content (AvgIpc) is 2.54. The monoisotopic (exact) mass is 341 g/mol. The number of carbonyl (C=O) groups excluding carboxylic acids is 1. The molecular formula is C17H21ClFNO3. The van der Waals surface area contributed by atoms with Gasteiger partial charge in [0.2, 0.25) is 5.91 Å². The number of ether oxygens (including phenoxy) is 2. The highest BCUT2D eigenvalue weighted by molar-refractivity contribution is 6.31. The summed E-state index contributed by atoms with van der Waals surface area (Å²) in [6, 6.07) is 4.66. The molecule has 0 unspecified atom stereocenters. The summed E-state index contributed by atoms with van der Waals surface area (Å²) >= 11 is 5.98. The summed E-state index contributed by atoms with van der Waals surface area (Å²) in [4.78, 5) is 12.1. The van der Waals surface area contributed by atoms with E-state index in [0.29, 0.717) is 30.2 Å². The quantitative estimate of drug-likeness (QED) is 0.916. The molecule has 0 spiro atoms. The summed E-state index contributed by atoms with van der Waals surface area (Å²) < 4.78 is 25.1. The van der Waals surface area contributed by atoms with Crippen molar-refractivity contribution in [3.63, 3.8) is 0 Å². The Morgan fingerprint density at radius 3 is 2.83 bits per heavy atom. The van der Waals surface area contributed by atoms with Gasteiger partial charge in [-0.2, -0.15) is 0 Å². The Labute approximate surface area is 140 Å². The molecule has 1 heterocycles. The van der Waals surface area contributed by atoms with E-state index in [4.69, 9.17) is 21.1 Å². The van der Waals surface area contributed by atoms with Gasteiger partial charge in [-0.05, 0) is 37.8 Å². The molecule has 0 bridgehead atoms. The van der Waals surface area contributed by atoms with Crippen molar-refractivity contribution < 1.29 is 18.7 Å². The molecule has 1 saturated carbocycles. The van der Waals surface area contributed by atoms with E-state index >= 15 is 0 Å². The second-order valence-corrected chi connectivity index (χ2v) is 6.50. The van der Waals surface area contributed by atoms with E-state index in [1.165, 1.54) is 6.07 Å². The summed E-state index contributed by atoms with van der Waals surface area (Å²) in [5.74, 6) is -0.442. The molecule has 0 radical (unpaired) electrons. The predicted molar refractivity (Wildman–Crippen MR) is 85.0 cm³/mol. The molecule has 126 valence electrons. The number of fused-ring (bicyclic) bond motifs is 1. The SMILES string of the molecule is O=C(CCc1c(F)cccc1Cl)N[C@@H]1CC[C@@H]2OCCO[C@@H]2C1. The van der Waals surface area contributed by atoms with Crippen LogP contribution in [-0.2, 0) is 20.7 Å². The average molecular weight is 342 g/mol. The van der Waals surface area contributed by atoms with E-state index in [1.54, 1.807) is 12.1 Å². The maximum Gasteiger partial charge on any atom is 0.220 e. The Bertz CT molecular complexity index is 549. The van der Waals surface area contributed by atoms with Crippen molar-refractivity contribution in [3.05, 3.63) is 34.6 Å². The molecule has 1 N–H and O–H groups in total. The minimum absolute atomic E-state index is 0.0730. The van der Waals surface area contributed by atoms with Crippen molar-refractivity contribution in [2.45, 2.75) is 50.4 Å². The Morgan fingerprint density at radius 1 is 1.26 bits per heavy atom. The number of halogens is 2. The minimum Gasteiger partial charge on any atom is -0.373 e. The highest BCUT2D eigenvalue weighted by Gasteiger charge is 2.34. The van der Waals surface area contributed by atoms with E-state index in [1.807, 2.05) is 0 Å². The van der Waals surface area contributed by atoms with Crippen LogP contribution in [0.2, 0.25) is 5.02 Å². The summed E-state index contributed by atoms with van der Waals surface area (Å²) in [5, 5.41) is 3.39. The topological polar surface area (TPSA) is 47.6 Å². The standard InChI is InChI=1S/C17H21ClFNO3/c18-13-2-1-3-14(19)12(13)5-7-17(21)20-11-4-6-15-16(10-11)23-9-8-22-15/h1-3,11,15-16H,4-10H2,(H,20,21)/t11-,15+,16-/m1/s1. The van der Waals surface area contributed by atoms with Gasteiger partial charge in [0.1, 0.15) is 5.82 Å². The van der Waals surface area contributed by atoms with Gasteiger partial charge in [-0.1, -0.05) is 17.7 Å². The molecule has 1 aromatic carbocycles. The third-order valence-electron chi connectivity index (χ3n) is 4.51. The van der Waals surface area contributed by atoms with Crippen LogP contribution in [0.1, 0.15) is 31.2 Å². The van der Waals surface area contributed by atoms with Crippen molar-refractivity contribution in [2.24, 2.45) is 0 Å². The Morgan fingerprint density at radius 2 is 2.04 bits per heavy atom. The zero-order chi connectivity index (χ0) is 16.2. The first-order valence-electron chi connectivity index (χ1n) is 8.09. The van der Waals surface area contributed by atoms with Gasteiger partial charge in [0.25, 0.3) is 0 Å². The lowest BCUT2D eigenvalue weighted by molar-refractivity contribution is -0.158. The third-order valence-corrected chi connectivity index (χ3v) is 4.86. The fourth-order valence-electron chi connectivity index (χ4n) is 3.31. The third kappa shape index (κ3) is 4.22. The lowest BCUT2D eigenvalue weighted by Gasteiger charge is -2.39. The van der Waals surface area contributed by atoms with Crippen LogP contribution in [0.25, 0.3) is 0 Å². The first-order chi connectivity index (χ1) is 11.1. The highest BCUT2D eigenvalue weighted by Crippen LogP contribution is 2.27. The molecule has 1 aromatic rings. The number of nitrogens with one attached hydrogen (secondary N) is 1. The maximum atomic E-state index is 13.7. The molecule has 23 heavy (non-hydrogen) atoms. The summed E-state index contributed by atoms with van der Waals surface area (Å²) in [6.07, 6.45) is 3.32. The molecule has 6 heteroatoms. The largest absolute Gasteiger partial charge is 0.373 e. The van der Waals surface area contributed by atoms with Crippen LogP contribution in [0.3, 0.4) is 0 Å². The Hall–Kier alpha value is -1.17. The van der Waals surface area contributed by atoms with Gasteiger partial charge in [-0.3, -0.25) is 4.79 Å². The number of rotatable bonds is 4. The van der Waals surface area contributed by atoms with Crippen LogP contribution in [0, 0.1) is 5.82 Å². The van der Waals surface area contributed by atoms with Crippen molar-refractivity contribution in [1.29, 1.82) is 0 Å². The van der Waals surface area contributed by atoms with Crippen LogP contribution < -0.4 is 5.32 Å². The molecule has 2 aliphatic rings. The number of hydrogen-bond acceptors (Lipinski definition) is 3. The molecule has 1 amide bonds. The van der Waals surface area contributed by atoms with E-state index in [9.17, 15) is 9.18 Å². The molecule has 1 aliphatic heterocycles. The van der Waals surface area contributed by atoms with E-state index in [-0.39, 0.29) is 36.4 Å². The zero-order valence-electron chi connectivity index (χ0n) is 12.9. The van der Waals surface area contributed by atoms with Gasteiger partial charge >= 0.3 is 0 Å².